The number of nitrogens with one attached hydrogen (secondary N) is 1. The highest BCUT2D eigenvalue weighted by atomic mass is 15.2. The highest BCUT2D eigenvalue weighted by Gasteiger charge is 2.34. The number of likely N-dealkylation sites (tertiary alicyclic amines) is 1. The van der Waals surface area contributed by atoms with Crippen molar-refractivity contribution in [2.45, 2.75) is 38.8 Å². The zero-order valence-electron chi connectivity index (χ0n) is 11.8. The largest absolute Gasteiger partial charge is 0.319 e. The summed E-state index contributed by atoms with van der Waals surface area (Å²) in [7, 11) is 2.05. The van der Waals surface area contributed by atoms with E-state index in [4.69, 9.17) is 0 Å². The van der Waals surface area contributed by atoms with Crippen molar-refractivity contribution in [3.05, 3.63) is 30.1 Å². The molecule has 2 heterocycles. The van der Waals surface area contributed by atoms with E-state index in [1.165, 1.54) is 24.9 Å². The SMILES string of the molecule is CNCC1CCN(Cc2cccnc2)C(C)(C)C1. The number of hydrogen-bond donors (Lipinski definition) is 1. The van der Waals surface area contributed by atoms with Crippen LogP contribution in [0.5, 0.6) is 0 Å². The molecule has 0 saturated carbocycles. The summed E-state index contributed by atoms with van der Waals surface area (Å²) in [5.41, 5.74) is 1.60. The van der Waals surface area contributed by atoms with E-state index in [0.29, 0.717) is 0 Å². The quantitative estimate of drug-likeness (QED) is 0.885. The molecule has 2 rings (SSSR count). The van der Waals surface area contributed by atoms with Gasteiger partial charge in [-0.25, -0.2) is 0 Å². The highest BCUT2D eigenvalue weighted by Crippen LogP contribution is 2.32. The van der Waals surface area contributed by atoms with Gasteiger partial charge in [-0.05, 0) is 64.4 Å². The minimum absolute atomic E-state index is 0.287. The van der Waals surface area contributed by atoms with Gasteiger partial charge in [-0.1, -0.05) is 6.07 Å². The van der Waals surface area contributed by atoms with Crippen LogP contribution < -0.4 is 5.32 Å². The Morgan fingerprint density at radius 3 is 2.94 bits per heavy atom. The maximum absolute atomic E-state index is 4.21. The average molecular weight is 247 g/mol. The topological polar surface area (TPSA) is 28.2 Å². The number of nitrogens with zero attached hydrogens (tertiary/aromatic N) is 2. The Hall–Kier alpha value is -0.930. The Kier molecular flexibility index (Phi) is 4.36. The van der Waals surface area contributed by atoms with Gasteiger partial charge in [-0.3, -0.25) is 9.88 Å². The summed E-state index contributed by atoms with van der Waals surface area (Å²) in [5, 5.41) is 3.31. The second kappa shape index (κ2) is 5.81. The third-order valence-corrected chi connectivity index (χ3v) is 4.04. The number of aromatic nitrogens is 1. The molecule has 0 aromatic carbocycles. The van der Waals surface area contributed by atoms with Crippen molar-refractivity contribution in [2.75, 3.05) is 20.1 Å². The summed E-state index contributed by atoms with van der Waals surface area (Å²) in [6, 6.07) is 4.19. The molecule has 1 aliphatic rings. The normalized spacial score (nSPS) is 24.1. The Labute approximate surface area is 111 Å². The van der Waals surface area contributed by atoms with Crippen LogP contribution in [0.1, 0.15) is 32.3 Å². The van der Waals surface area contributed by atoms with E-state index in [0.717, 1.165) is 19.0 Å². The van der Waals surface area contributed by atoms with Crippen molar-refractivity contribution in [3.8, 4) is 0 Å². The first kappa shape index (κ1) is 13.5. The molecular weight excluding hydrogens is 222 g/mol. The average Bonchev–Trinajstić information content (AvgIpc) is 2.34. The lowest BCUT2D eigenvalue weighted by molar-refractivity contribution is 0.0400. The van der Waals surface area contributed by atoms with Gasteiger partial charge < -0.3 is 5.32 Å². The van der Waals surface area contributed by atoms with E-state index in [1.807, 2.05) is 18.5 Å². The van der Waals surface area contributed by atoms with E-state index in [1.54, 1.807) is 0 Å². The maximum Gasteiger partial charge on any atom is 0.0312 e. The molecule has 1 atom stereocenters. The third kappa shape index (κ3) is 3.30. The van der Waals surface area contributed by atoms with Gasteiger partial charge in [0, 0.05) is 24.5 Å². The predicted octanol–water partition coefficient (Wildman–Crippen LogP) is 2.29. The van der Waals surface area contributed by atoms with Crippen LogP contribution in [-0.4, -0.2) is 35.6 Å². The molecule has 3 heteroatoms. The number of piperidine rings is 1. The molecule has 0 amide bonds. The van der Waals surface area contributed by atoms with Crippen LogP contribution >= 0.6 is 0 Å². The van der Waals surface area contributed by atoms with Gasteiger partial charge >= 0.3 is 0 Å². The lowest BCUT2D eigenvalue weighted by Crippen LogP contribution is -2.50. The smallest absolute Gasteiger partial charge is 0.0312 e. The van der Waals surface area contributed by atoms with Gasteiger partial charge in [-0.15, -0.1) is 0 Å². The van der Waals surface area contributed by atoms with Crippen LogP contribution in [0.2, 0.25) is 0 Å². The Morgan fingerprint density at radius 1 is 1.50 bits per heavy atom. The fourth-order valence-electron chi connectivity index (χ4n) is 3.05. The Morgan fingerprint density at radius 2 is 2.33 bits per heavy atom. The standard InChI is InChI=1S/C15H25N3/c1-15(2)9-13(10-16-3)6-8-18(15)12-14-5-4-7-17-11-14/h4-5,7,11,13,16H,6,8-10,12H2,1-3H3. The van der Waals surface area contributed by atoms with E-state index in [9.17, 15) is 0 Å². The first-order chi connectivity index (χ1) is 8.62. The second-order valence-corrected chi connectivity index (χ2v) is 6.01. The minimum atomic E-state index is 0.287. The molecule has 3 nitrogen and oxygen atoms in total. The monoisotopic (exact) mass is 247 g/mol. The van der Waals surface area contributed by atoms with E-state index < -0.39 is 0 Å². The van der Waals surface area contributed by atoms with E-state index in [-0.39, 0.29) is 5.54 Å². The minimum Gasteiger partial charge on any atom is -0.319 e. The second-order valence-electron chi connectivity index (χ2n) is 6.01. The van der Waals surface area contributed by atoms with E-state index >= 15 is 0 Å². The molecule has 0 radical (unpaired) electrons. The summed E-state index contributed by atoms with van der Waals surface area (Å²) in [4.78, 5) is 6.80. The van der Waals surface area contributed by atoms with Crippen molar-refractivity contribution in [3.63, 3.8) is 0 Å². The van der Waals surface area contributed by atoms with Gasteiger partial charge in [0.05, 0.1) is 0 Å². The molecule has 1 aliphatic heterocycles. The molecule has 1 N–H and O–H groups in total. The van der Waals surface area contributed by atoms with Gasteiger partial charge in [0.25, 0.3) is 0 Å². The molecule has 100 valence electrons. The number of hydrogen-bond acceptors (Lipinski definition) is 3. The fourth-order valence-corrected chi connectivity index (χ4v) is 3.05. The van der Waals surface area contributed by atoms with Crippen LogP contribution in [0, 0.1) is 5.92 Å². The number of rotatable bonds is 4. The first-order valence-electron chi connectivity index (χ1n) is 6.90. The van der Waals surface area contributed by atoms with Gasteiger partial charge in [0.15, 0.2) is 0 Å². The first-order valence-corrected chi connectivity index (χ1v) is 6.90. The molecule has 0 spiro atoms. The molecule has 0 bridgehead atoms. The molecule has 1 aromatic heterocycles. The van der Waals surface area contributed by atoms with Crippen molar-refractivity contribution in [1.82, 2.24) is 15.2 Å². The molecule has 1 unspecified atom stereocenters. The van der Waals surface area contributed by atoms with Crippen molar-refractivity contribution >= 4 is 0 Å². The number of pyridine rings is 1. The molecular formula is C15H25N3. The van der Waals surface area contributed by atoms with Gasteiger partial charge in [0.1, 0.15) is 0 Å². The summed E-state index contributed by atoms with van der Waals surface area (Å²) < 4.78 is 0. The van der Waals surface area contributed by atoms with E-state index in [2.05, 4.69) is 42.2 Å². The highest BCUT2D eigenvalue weighted by molar-refractivity contribution is 5.09. The Bertz CT molecular complexity index is 361. The lowest BCUT2D eigenvalue weighted by Gasteiger charge is -2.45. The van der Waals surface area contributed by atoms with Crippen molar-refractivity contribution in [1.29, 1.82) is 0 Å². The fraction of sp³-hybridized carbons (Fsp3) is 0.667. The summed E-state index contributed by atoms with van der Waals surface area (Å²) in [6.45, 7) is 8.09. The maximum atomic E-state index is 4.21. The summed E-state index contributed by atoms with van der Waals surface area (Å²) in [6.07, 6.45) is 6.39. The summed E-state index contributed by atoms with van der Waals surface area (Å²) >= 11 is 0. The zero-order chi connectivity index (χ0) is 13.0. The van der Waals surface area contributed by atoms with Crippen LogP contribution in [0.4, 0.5) is 0 Å². The third-order valence-electron chi connectivity index (χ3n) is 4.04. The molecule has 18 heavy (non-hydrogen) atoms. The molecule has 0 aliphatic carbocycles. The lowest BCUT2D eigenvalue weighted by atomic mass is 9.82. The van der Waals surface area contributed by atoms with Crippen LogP contribution in [0.25, 0.3) is 0 Å². The summed E-state index contributed by atoms with van der Waals surface area (Å²) in [5.74, 6) is 0.815. The molecule has 1 saturated heterocycles. The molecule has 1 aromatic rings. The Balaban J connectivity index is 1.98. The van der Waals surface area contributed by atoms with Gasteiger partial charge in [0.2, 0.25) is 0 Å². The van der Waals surface area contributed by atoms with Crippen molar-refractivity contribution in [2.24, 2.45) is 5.92 Å². The van der Waals surface area contributed by atoms with Crippen LogP contribution in [0.15, 0.2) is 24.5 Å². The predicted molar refractivity (Wildman–Crippen MR) is 75.4 cm³/mol. The van der Waals surface area contributed by atoms with Crippen LogP contribution in [0.3, 0.4) is 0 Å². The van der Waals surface area contributed by atoms with Crippen LogP contribution in [-0.2, 0) is 6.54 Å². The zero-order valence-corrected chi connectivity index (χ0v) is 11.8. The van der Waals surface area contributed by atoms with Crippen molar-refractivity contribution < 1.29 is 0 Å². The van der Waals surface area contributed by atoms with Gasteiger partial charge in [-0.2, -0.15) is 0 Å². The molecule has 1 fully saturated rings.